The Labute approximate surface area is 145 Å². The smallest absolute Gasteiger partial charge is 0.0857 e. The minimum atomic E-state index is -0.417. The number of aliphatic hydroxyl groups excluding tert-OH is 3. The molecule has 0 radical (unpaired) electrons. The van der Waals surface area contributed by atoms with E-state index in [0.717, 1.165) is 44.9 Å². The van der Waals surface area contributed by atoms with Crippen LogP contribution in [0.5, 0.6) is 0 Å². The average molecular weight is 338 g/mol. The SMILES string of the molecule is CO[C@@H]1C[C@H]2[C@@H]3[C@H](O)C[C@H]4C[C@H](O)CC[C@]4(C)[C@H]3CC[C@]2(C)[C@H]1O. The summed E-state index contributed by atoms with van der Waals surface area (Å²) in [5, 5.41) is 32.0. The van der Waals surface area contributed by atoms with Crippen molar-refractivity contribution in [3.05, 3.63) is 0 Å². The largest absolute Gasteiger partial charge is 0.393 e. The highest BCUT2D eigenvalue weighted by Crippen LogP contribution is 2.66. The van der Waals surface area contributed by atoms with Gasteiger partial charge in [-0.3, -0.25) is 0 Å². The first-order valence-electron chi connectivity index (χ1n) is 9.88. The summed E-state index contributed by atoms with van der Waals surface area (Å²) in [5.41, 5.74) is 0.112. The number of methoxy groups -OCH3 is 1. The molecule has 0 bridgehead atoms. The van der Waals surface area contributed by atoms with Gasteiger partial charge < -0.3 is 20.1 Å². The molecule has 0 spiro atoms. The Morgan fingerprint density at radius 1 is 0.875 bits per heavy atom. The zero-order valence-corrected chi connectivity index (χ0v) is 15.3. The lowest BCUT2D eigenvalue weighted by Gasteiger charge is -2.61. The maximum absolute atomic E-state index is 11.0. The molecule has 0 aromatic rings. The standard InChI is InChI=1S/C20H34O4/c1-19-6-4-12(21)8-11(19)9-15(22)17-13(19)5-7-20(2)14(17)10-16(24-3)18(20)23/h11-18,21-23H,4-10H2,1-3H3/t11-,12-,13+,14+,15-,16-,17-,18+,19+,20+/m1/s1. The molecule has 0 amide bonds. The molecule has 4 heteroatoms. The summed E-state index contributed by atoms with van der Waals surface area (Å²) in [4.78, 5) is 0. The Balaban J connectivity index is 1.67. The zero-order chi connectivity index (χ0) is 17.3. The number of hydrogen-bond acceptors (Lipinski definition) is 4. The van der Waals surface area contributed by atoms with Crippen molar-refractivity contribution in [1.82, 2.24) is 0 Å². The van der Waals surface area contributed by atoms with Gasteiger partial charge in [0, 0.05) is 7.11 Å². The van der Waals surface area contributed by atoms with E-state index in [-0.39, 0.29) is 35.1 Å². The molecule has 4 aliphatic carbocycles. The molecule has 0 aromatic carbocycles. The molecular formula is C20H34O4. The first kappa shape index (κ1) is 17.3. The van der Waals surface area contributed by atoms with E-state index in [9.17, 15) is 15.3 Å². The van der Waals surface area contributed by atoms with E-state index in [1.54, 1.807) is 7.11 Å². The van der Waals surface area contributed by atoms with Gasteiger partial charge in [-0.15, -0.1) is 0 Å². The van der Waals surface area contributed by atoms with Crippen molar-refractivity contribution in [3.63, 3.8) is 0 Å². The molecule has 0 saturated heterocycles. The Kier molecular flexibility index (Phi) is 4.08. The van der Waals surface area contributed by atoms with E-state index in [1.165, 1.54) is 0 Å². The molecule has 24 heavy (non-hydrogen) atoms. The third-order valence-corrected chi connectivity index (χ3v) is 8.91. The number of rotatable bonds is 1. The molecule has 0 unspecified atom stereocenters. The summed E-state index contributed by atoms with van der Waals surface area (Å²) in [6, 6.07) is 0. The third-order valence-electron chi connectivity index (χ3n) is 8.91. The summed E-state index contributed by atoms with van der Waals surface area (Å²) in [7, 11) is 1.70. The minimum absolute atomic E-state index is 0.0929. The van der Waals surface area contributed by atoms with Crippen molar-refractivity contribution in [3.8, 4) is 0 Å². The number of aliphatic hydroxyl groups is 3. The van der Waals surface area contributed by atoms with Crippen molar-refractivity contribution >= 4 is 0 Å². The van der Waals surface area contributed by atoms with Crippen LogP contribution in [0.2, 0.25) is 0 Å². The maximum Gasteiger partial charge on any atom is 0.0857 e. The van der Waals surface area contributed by atoms with Crippen LogP contribution in [0.4, 0.5) is 0 Å². The Morgan fingerprint density at radius 3 is 2.29 bits per heavy atom. The van der Waals surface area contributed by atoms with E-state index >= 15 is 0 Å². The third kappa shape index (κ3) is 2.19. The van der Waals surface area contributed by atoms with E-state index in [1.807, 2.05) is 0 Å². The average Bonchev–Trinajstić information content (AvgIpc) is 2.81. The summed E-state index contributed by atoms with van der Waals surface area (Å²) in [5.74, 6) is 1.57. The van der Waals surface area contributed by atoms with Crippen molar-refractivity contribution < 1.29 is 20.1 Å². The summed E-state index contributed by atoms with van der Waals surface area (Å²) >= 11 is 0. The molecule has 4 saturated carbocycles. The summed E-state index contributed by atoms with van der Waals surface area (Å²) in [6.45, 7) is 4.62. The van der Waals surface area contributed by atoms with Crippen LogP contribution in [0, 0.1) is 34.5 Å². The number of ether oxygens (including phenoxy) is 1. The van der Waals surface area contributed by atoms with Gasteiger partial charge in [0.25, 0.3) is 0 Å². The van der Waals surface area contributed by atoms with E-state index in [2.05, 4.69) is 13.8 Å². The predicted molar refractivity (Wildman–Crippen MR) is 91.3 cm³/mol. The van der Waals surface area contributed by atoms with Crippen molar-refractivity contribution in [2.75, 3.05) is 7.11 Å². The molecule has 0 aliphatic heterocycles. The van der Waals surface area contributed by atoms with Gasteiger partial charge >= 0.3 is 0 Å². The van der Waals surface area contributed by atoms with E-state index in [4.69, 9.17) is 4.74 Å². The fraction of sp³-hybridized carbons (Fsp3) is 1.00. The number of hydrogen-bond donors (Lipinski definition) is 3. The highest BCUT2D eigenvalue weighted by atomic mass is 16.5. The van der Waals surface area contributed by atoms with Crippen LogP contribution < -0.4 is 0 Å². The lowest BCUT2D eigenvalue weighted by Crippen LogP contribution is -2.58. The molecule has 0 aromatic heterocycles. The van der Waals surface area contributed by atoms with Gasteiger partial charge in [-0.2, -0.15) is 0 Å². The van der Waals surface area contributed by atoms with Crippen LogP contribution in [-0.4, -0.2) is 46.8 Å². The van der Waals surface area contributed by atoms with Gasteiger partial charge in [-0.25, -0.2) is 0 Å². The highest BCUT2D eigenvalue weighted by Gasteiger charge is 2.64. The zero-order valence-electron chi connectivity index (χ0n) is 15.3. The molecule has 4 aliphatic rings. The maximum atomic E-state index is 11.0. The fourth-order valence-corrected chi connectivity index (χ4v) is 7.39. The second kappa shape index (κ2) is 5.67. The van der Waals surface area contributed by atoms with Crippen molar-refractivity contribution in [1.29, 1.82) is 0 Å². The highest BCUT2D eigenvalue weighted by molar-refractivity contribution is 5.13. The van der Waals surface area contributed by atoms with E-state index < -0.39 is 6.10 Å². The van der Waals surface area contributed by atoms with Gasteiger partial charge in [0.15, 0.2) is 0 Å². The van der Waals surface area contributed by atoms with Crippen LogP contribution >= 0.6 is 0 Å². The molecule has 4 rings (SSSR count). The predicted octanol–water partition coefficient (Wildman–Crippen LogP) is 2.35. The molecule has 4 nitrogen and oxygen atoms in total. The van der Waals surface area contributed by atoms with Crippen LogP contribution in [0.25, 0.3) is 0 Å². The van der Waals surface area contributed by atoms with Crippen LogP contribution in [0.1, 0.15) is 58.8 Å². The molecule has 3 N–H and O–H groups in total. The van der Waals surface area contributed by atoms with E-state index in [0.29, 0.717) is 17.8 Å². The minimum Gasteiger partial charge on any atom is -0.393 e. The Morgan fingerprint density at radius 2 is 1.58 bits per heavy atom. The molecule has 10 atom stereocenters. The number of fused-ring (bicyclic) bond motifs is 5. The first-order chi connectivity index (χ1) is 11.3. The Hall–Kier alpha value is -0.160. The summed E-state index contributed by atoms with van der Waals surface area (Å²) in [6.07, 6.45) is 5.63. The second-order valence-electron chi connectivity index (χ2n) is 9.72. The van der Waals surface area contributed by atoms with Crippen LogP contribution in [-0.2, 0) is 4.74 Å². The van der Waals surface area contributed by atoms with Gasteiger partial charge in [0.05, 0.1) is 24.4 Å². The molecule has 0 heterocycles. The van der Waals surface area contributed by atoms with Gasteiger partial charge in [0.1, 0.15) is 0 Å². The Bertz CT molecular complexity index is 496. The molecule has 138 valence electrons. The quantitative estimate of drug-likeness (QED) is 0.686. The van der Waals surface area contributed by atoms with Gasteiger partial charge in [-0.05, 0) is 79.4 Å². The topological polar surface area (TPSA) is 69.9 Å². The van der Waals surface area contributed by atoms with Crippen LogP contribution in [0.15, 0.2) is 0 Å². The molecule has 4 fully saturated rings. The fourth-order valence-electron chi connectivity index (χ4n) is 7.39. The van der Waals surface area contributed by atoms with Crippen molar-refractivity contribution in [2.45, 2.75) is 83.2 Å². The summed E-state index contributed by atoms with van der Waals surface area (Å²) < 4.78 is 5.58. The lowest BCUT2D eigenvalue weighted by atomic mass is 9.44. The monoisotopic (exact) mass is 338 g/mol. The van der Waals surface area contributed by atoms with Gasteiger partial charge in [0.2, 0.25) is 0 Å². The second-order valence-corrected chi connectivity index (χ2v) is 9.72. The van der Waals surface area contributed by atoms with Gasteiger partial charge in [-0.1, -0.05) is 13.8 Å². The molecular weight excluding hydrogens is 304 g/mol. The first-order valence-corrected chi connectivity index (χ1v) is 9.88. The van der Waals surface area contributed by atoms with Crippen molar-refractivity contribution in [2.24, 2.45) is 34.5 Å². The van der Waals surface area contributed by atoms with Crippen LogP contribution in [0.3, 0.4) is 0 Å². The normalized spacial score (nSPS) is 60.2. The lowest BCUT2D eigenvalue weighted by molar-refractivity contribution is -0.177.